The van der Waals surface area contributed by atoms with Crippen molar-refractivity contribution in [2.45, 2.75) is 70.6 Å². The van der Waals surface area contributed by atoms with Crippen molar-refractivity contribution in [1.82, 2.24) is 0 Å². The Kier molecular flexibility index (Phi) is 5.73. The quantitative estimate of drug-likeness (QED) is 0.461. The van der Waals surface area contributed by atoms with Crippen LogP contribution in [-0.2, 0) is 0 Å². The summed E-state index contributed by atoms with van der Waals surface area (Å²) in [5, 5.41) is 0.628. The fourth-order valence-corrected chi connectivity index (χ4v) is 5.78. The monoisotopic (exact) mass is 390 g/mol. The molecule has 2 aliphatic rings. The van der Waals surface area contributed by atoms with Crippen molar-refractivity contribution in [3.63, 3.8) is 0 Å². The summed E-state index contributed by atoms with van der Waals surface area (Å²) in [4.78, 5) is 0. The van der Waals surface area contributed by atoms with Crippen molar-refractivity contribution in [2.75, 3.05) is 0 Å². The van der Waals surface area contributed by atoms with E-state index in [1.807, 2.05) is 12.1 Å². The summed E-state index contributed by atoms with van der Waals surface area (Å²) < 4.78 is 28.1. The van der Waals surface area contributed by atoms with Crippen molar-refractivity contribution in [3.8, 4) is 0 Å². The van der Waals surface area contributed by atoms with Crippen molar-refractivity contribution in [1.29, 1.82) is 0 Å². The molecule has 4 rings (SSSR count). The maximum atomic E-state index is 14.2. The Morgan fingerprint density at radius 2 is 1.78 bits per heavy atom. The summed E-state index contributed by atoms with van der Waals surface area (Å²) in [6.07, 6.45) is 12.0. The third-order valence-corrected chi connectivity index (χ3v) is 7.50. The molecule has 0 bridgehead atoms. The first kappa shape index (κ1) is 19.2. The molecule has 2 aromatic carbocycles. The number of unbranched alkanes of at least 4 members (excludes halogenated alkanes) is 1. The molecule has 2 fully saturated rings. The van der Waals surface area contributed by atoms with Gasteiger partial charge in [-0.2, -0.15) is 0 Å². The molecule has 3 heteroatoms. The number of hydrogen-bond acceptors (Lipinski definition) is 0. The number of benzene rings is 2. The van der Waals surface area contributed by atoms with E-state index in [4.69, 9.17) is 11.6 Å². The van der Waals surface area contributed by atoms with E-state index in [-0.39, 0.29) is 0 Å². The van der Waals surface area contributed by atoms with Crippen LogP contribution < -0.4 is 0 Å². The fourth-order valence-electron chi connectivity index (χ4n) is 5.62. The summed E-state index contributed by atoms with van der Waals surface area (Å²) in [7, 11) is 0. The highest BCUT2D eigenvalue weighted by atomic mass is 35.5. The summed E-state index contributed by atoms with van der Waals surface area (Å²) in [5.74, 6) is 1.87. The summed E-state index contributed by atoms with van der Waals surface area (Å²) >= 11 is 5.71. The second kappa shape index (κ2) is 8.07. The van der Waals surface area contributed by atoms with Gasteiger partial charge in [0.05, 0.1) is 0 Å². The van der Waals surface area contributed by atoms with Gasteiger partial charge in [-0.05, 0) is 72.8 Å². The van der Waals surface area contributed by atoms with E-state index in [0.29, 0.717) is 16.7 Å². The topological polar surface area (TPSA) is 0 Å². The van der Waals surface area contributed by atoms with E-state index >= 15 is 0 Å². The van der Waals surface area contributed by atoms with Crippen LogP contribution in [-0.4, -0.2) is 0 Å². The molecule has 0 amide bonds. The highest BCUT2D eigenvalue weighted by Crippen LogP contribution is 2.48. The van der Waals surface area contributed by atoms with Crippen LogP contribution in [0.3, 0.4) is 0 Å². The van der Waals surface area contributed by atoms with Crippen molar-refractivity contribution < 1.29 is 8.78 Å². The molecule has 27 heavy (non-hydrogen) atoms. The first-order valence-electron chi connectivity index (χ1n) is 10.6. The Bertz CT molecular complexity index is 816. The average Bonchev–Trinajstić information content (AvgIpc) is 2.69. The molecular formula is C24H29ClF2. The average molecular weight is 391 g/mol. The lowest BCUT2D eigenvalue weighted by Crippen LogP contribution is -2.30. The third kappa shape index (κ3) is 3.88. The summed E-state index contributed by atoms with van der Waals surface area (Å²) in [5.41, 5.74) is 1.23. The maximum absolute atomic E-state index is 14.2. The second-order valence-corrected chi connectivity index (χ2v) is 9.20. The van der Waals surface area contributed by atoms with Gasteiger partial charge in [-0.15, -0.1) is 0 Å². The van der Waals surface area contributed by atoms with Crippen LogP contribution in [0.25, 0.3) is 10.8 Å². The molecule has 0 aliphatic heterocycles. The van der Waals surface area contributed by atoms with Gasteiger partial charge in [-0.3, -0.25) is 0 Å². The number of fused-ring (bicyclic) bond motifs is 2. The molecule has 2 aliphatic carbocycles. The zero-order chi connectivity index (χ0) is 19.0. The highest BCUT2D eigenvalue weighted by Gasteiger charge is 2.35. The molecule has 0 saturated heterocycles. The van der Waals surface area contributed by atoms with Crippen molar-refractivity contribution in [3.05, 3.63) is 46.5 Å². The van der Waals surface area contributed by atoms with E-state index in [2.05, 4.69) is 6.92 Å². The van der Waals surface area contributed by atoms with Gasteiger partial charge in [-0.1, -0.05) is 62.4 Å². The fraction of sp³-hybridized carbons (Fsp3) is 0.583. The van der Waals surface area contributed by atoms with Gasteiger partial charge in [-0.25, -0.2) is 8.78 Å². The normalized spacial score (nSPS) is 28.3. The van der Waals surface area contributed by atoms with Gasteiger partial charge in [0, 0.05) is 5.39 Å². The predicted octanol–water partition coefficient (Wildman–Crippen LogP) is 8.26. The molecule has 0 radical (unpaired) electrons. The number of halogens is 3. The van der Waals surface area contributed by atoms with Crippen LogP contribution in [0.15, 0.2) is 24.3 Å². The SMILES string of the molecule is CCCC[C@@H]1CC[C@@H]2CC(c3ccc4c(F)c(Cl)c(F)cc4c3)CCC2C1. The minimum Gasteiger partial charge on any atom is -0.205 e. The van der Waals surface area contributed by atoms with Crippen LogP contribution in [0.4, 0.5) is 8.78 Å². The zero-order valence-corrected chi connectivity index (χ0v) is 16.9. The largest absolute Gasteiger partial charge is 0.205 e. The molecule has 0 aromatic heterocycles. The standard InChI is InChI=1S/C24H29ClF2/c1-2-3-4-15-5-6-17-12-18(8-7-16(17)11-15)19-9-10-21-20(13-19)14-22(26)23(25)24(21)27/h9-10,13-18H,2-8,11-12H2,1H3/t15-,16?,17-,18?/m1/s1. The molecule has 2 saturated carbocycles. The smallest absolute Gasteiger partial charge is 0.152 e. The number of rotatable bonds is 4. The molecule has 2 aromatic rings. The molecular weight excluding hydrogens is 362 g/mol. The van der Waals surface area contributed by atoms with Gasteiger partial charge in [0.2, 0.25) is 0 Å². The molecule has 4 atom stereocenters. The Hall–Kier alpha value is -1.15. The number of hydrogen-bond donors (Lipinski definition) is 0. The Morgan fingerprint density at radius 3 is 2.59 bits per heavy atom. The Labute approximate surface area is 166 Å². The van der Waals surface area contributed by atoms with Gasteiger partial charge in [0.15, 0.2) is 5.82 Å². The van der Waals surface area contributed by atoms with Crippen LogP contribution in [0.2, 0.25) is 5.02 Å². The minimum atomic E-state index is -0.673. The summed E-state index contributed by atoms with van der Waals surface area (Å²) in [6.45, 7) is 2.28. The highest BCUT2D eigenvalue weighted by molar-refractivity contribution is 6.31. The Morgan fingerprint density at radius 1 is 1.00 bits per heavy atom. The van der Waals surface area contributed by atoms with Crippen LogP contribution >= 0.6 is 11.6 Å². The Balaban J connectivity index is 1.49. The van der Waals surface area contributed by atoms with Crippen LogP contribution in [0, 0.1) is 29.4 Å². The van der Waals surface area contributed by atoms with E-state index in [1.165, 1.54) is 69.4 Å². The lowest BCUT2D eigenvalue weighted by atomic mass is 9.63. The summed E-state index contributed by atoms with van der Waals surface area (Å²) in [6, 6.07) is 7.15. The molecule has 0 nitrogen and oxygen atoms in total. The van der Waals surface area contributed by atoms with E-state index in [9.17, 15) is 8.78 Å². The third-order valence-electron chi connectivity index (χ3n) is 7.16. The lowest BCUT2D eigenvalue weighted by Gasteiger charge is -2.42. The van der Waals surface area contributed by atoms with Gasteiger partial charge < -0.3 is 0 Å². The van der Waals surface area contributed by atoms with E-state index < -0.39 is 16.7 Å². The van der Waals surface area contributed by atoms with Crippen LogP contribution in [0.5, 0.6) is 0 Å². The van der Waals surface area contributed by atoms with Crippen molar-refractivity contribution >= 4 is 22.4 Å². The van der Waals surface area contributed by atoms with Crippen LogP contribution in [0.1, 0.15) is 76.2 Å². The minimum absolute atomic E-state index is 0.407. The molecule has 0 heterocycles. The lowest BCUT2D eigenvalue weighted by molar-refractivity contribution is 0.113. The molecule has 146 valence electrons. The van der Waals surface area contributed by atoms with E-state index in [1.54, 1.807) is 6.07 Å². The zero-order valence-electron chi connectivity index (χ0n) is 16.1. The molecule has 0 N–H and O–H groups in total. The van der Waals surface area contributed by atoms with Gasteiger partial charge >= 0.3 is 0 Å². The first-order valence-corrected chi connectivity index (χ1v) is 11.0. The second-order valence-electron chi connectivity index (χ2n) is 8.82. The maximum Gasteiger partial charge on any atom is 0.152 e. The first-order chi connectivity index (χ1) is 13.1. The predicted molar refractivity (Wildman–Crippen MR) is 109 cm³/mol. The molecule has 0 spiro atoms. The van der Waals surface area contributed by atoms with Crippen molar-refractivity contribution in [2.24, 2.45) is 17.8 Å². The molecule has 2 unspecified atom stereocenters. The van der Waals surface area contributed by atoms with Gasteiger partial charge in [0.25, 0.3) is 0 Å². The van der Waals surface area contributed by atoms with E-state index in [0.717, 1.165) is 17.8 Å². The van der Waals surface area contributed by atoms with Gasteiger partial charge in [0.1, 0.15) is 10.8 Å².